The van der Waals surface area contributed by atoms with E-state index in [1.165, 1.54) is 48.4 Å². The van der Waals surface area contributed by atoms with E-state index in [-0.39, 0.29) is 29.1 Å². The molecule has 3 aromatic rings. The van der Waals surface area contributed by atoms with E-state index >= 15 is 0 Å². The van der Waals surface area contributed by atoms with Gasteiger partial charge in [0.15, 0.2) is 0 Å². The fraction of sp³-hybridized carbons (Fsp3) is 0.355. The number of carbonyl (C=O) groups is 2. The van der Waals surface area contributed by atoms with E-state index in [1.54, 1.807) is 0 Å². The number of nitrogens with one attached hydrogen (secondary N) is 1. The Bertz CT molecular complexity index is 1430. The number of nitrogens with zero attached hydrogens (tertiary/aromatic N) is 2. The number of halogens is 1. The molecule has 0 unspecified atom stereocenters. The Morgan fingerprint density at radius 2 is 1.63 bits per heavy atom. The number of sulfonamides is 1. The van der Waals surface area contributed by atoms with Crippen molar-refractivity contribution < 1.29 is 27.1 Å². The quantitative estimate of drug-likeness (QED) is 0.304. The van der Waals surface area contributed by atoms with E-state index in [2.05, 4.69) is 5.32 Å². The molecule has 0 heterocycles. The van der Waals surface area contributed by atoms with Crippen LogP contribution in [-0.4, -0.2) is 50.9 Å². The molecular formula is C31H38FN3O5S. The molecule has 3 aromatic carbocycles. The Morgan fingerprint density at radius 3 is 2.20 bits per heavy atom. The number of amides is 2. The van der Waals surface area contributed by atoms with Crippen molar-refractivity contribution in [3.05, 3.63) is 89.7 Å². The summed E-state index contributed by atoms with van der Waals surface area (Å²) >= 11 is 0. The second kappa shape index (κ2) is 14.1. The topological polar surface area (TPSA) is 96.0 Å². The molecule has 0 aliphatic carbocycles. The maximum absolute atomic E-state index is 14.1. The van der Waals surface area contributed by atoms with Crippen molar-refractivity contribution in [2.24, 2.45) is 0 Å². The Morgan fingerprint density at radius 1 is 0.976 bits per heavy atom. The summed E-state index contributed by atoms with van der Waals surface area (Å²) < 4.78 is 47.6. The van der Waals surface area contributed by atoms with E-state index < -0.39 is 34.3 Å². The number of aryl methyl sites for hydroxylation is 1. The molecule has 220 valence electrons. The van der Waals surface area contributed by atoms with Crippen LogP contribution in [0.3, 0.4) is 0 Å². The molecular weight excluding hydrogens is 545 g/mol. The second-order valence-corrected chi connectivity index (χ2v) is 11.8. The normalized spacial score (nSPS) is 12.7. The molecule has 0 spiro atoms. The third-order valence-electron chi connectivity index (χ3n) is 6.86. The Kier molecular flexibility index (Phi) is 10.9. The van der Waals surface area contributed by atoms with Gasteiger partial charge < -0.3 is 15.0 Å². The molecule has 0 fully saturated rings. The number of carbonyl (C=O) groups excluding carboxylic acids is 2. The number of hydrogen-bond acceptors (Lipinski definition) is 5. The van der Waals surface area contributed by atoms with Crippen molar-refractivity contribution in [2.45, 2.75) is 64.1 Å². The lowest BCUT2D eigenvalue weighted by molar-refractivity contribution is -0.140. The van der Waals surface area contributed by atoms with Gasteiger partial charge in [-0.2, -0.15) is 0 Å². The lowest BCUT2D eigenvalue weighted by Crippen LogP contribution is -2.53. The van der Waals surface area contributed by atoms with Crippen LogP contribution in [-0.2, 0) is 26.2 Å². The second-order valence-electron chi connectivity index (χ2n) is 9.92. The van der Waals surface area contributed by atoms with Crippen LogP contribution in [0, 0.1) is 12.7 Å². The molecule has 41 heavy (non-hydrogen) atoms. The highest BCUT2D eigenvalue weighted by Crippen LogP contribution is 2.26. The number of anilines is 1. The number of methoxy groups -OCH3 is 1. The predicted octanol–water partition coefficient (Wildman–Crippen LogP) is 5.06. The zero-order valence-corrected chi connectivity index (χ0v) is 24.9. The predicted molar refractivity (Wildman–Crippen MR) is 158 cm³/mol. The van der Waals surface area contributed by atoms with Crippen LogP contribution in [0.25, 0.3) is 0 Å². The SMILES string of the molecule is CC[C@@H](C)NC(=O)[C@H](CC)N(Cc1cccc(C)c1)C(=O)CN(c1ccc(F)cc1)S(=O)(=O)c1ccc(OC)cc1. The van der Waals surface area contributed by atoms with Gasteiger partial charge in [-0.3, -0.25) is 13.9 Å². The highest BCUT2D eigenvalue weighted by atomic mass is 32.2. The van der Waals surface area contributed by atoms with E-state index in [0.717, 1.165) is 27.6 Å². The van der Waals surface area contributed by atoms with Gasteiger partial charge in [0.1, 0.15) is 24.2 Å². The minimum atomic E-state index is -4.27. The molecule has 3 rings (SSSR count). The van der Waals surface area contributed by atoms with Gasteiger partial charge in [0.25, 0.3) is 10.0 Å². The van der Waals surface area contributed by atoms with Gasteiger partial charge in [-0.15, -0.1) is 0 Å². The van der Waals surface area contributed by atoms with Crippen LogP contribution in [0.15, 0.2) is 77.7 Å². The van der Waals surface area contributed by atoms with Crippen molar-refractivity contribution in [1.29, 1.82) is 0 Å². The number of hydrogen-bond donors (Lipinski definition) is 1. The molecule has 1 N–H and O–H groups in total. The van der Waals surface area contributed by atoms with Crippen molar-refractivity contribution in [2.75, 3.05) is 18.0 Å². The summed E-state index contributed by atoms with van der Waals surface area (Å²) in [4.78, 5) is 28.8. The van der Waals surface area contributed by atoms with Crippen LogP contribution in [0.1, 0.15) is 44.7 Å². The zero-order chi connectivity index (χ0) is 30.2. The van der Waals surface area contributed by atoms with Gasteiger partial charge in [0, 0.05) is 12.6 Å². The monoisotopic (exact) mass is 583 g/mol. The minimum absolute atomic E-state index is 0.0674. The summed E-state index contributed by atoms with van der Waals surface area (Å²) in [6.45, 7) is 7.08. The van der Waals surface area contributed by atoms with E-state index in [9.17, 15) is 22.4 Å². The first-order valence-corrected chi connectivity index (χ1v) is 15.0. The summed E-state index contributed by atoms with van der Waals surface area (Å²) in [5.74, 6) is -0.959. The summed E-state index contributed by atoms with van der Waals surface area (Å²) in [5, 5.41) is 2.95. The summed E-state index contributed by atoms with van der Waals surface area (Å²) in [6, 6.07) is 17.3. The maximum Gasteiger partial charge on any atom is 0.264 e. The highest BCUT2D eigenvalue weighted by Gasteiger charge is 2.34. The highest BCUT2D eigenvalue weighted by molar-refractivity contribution is 7.92. The molecule has 0 saturated carbocycles. The zero-order valence-electron chi connectivity index (χ0n) is 24.1. The van der Waals surface area contributed by atoms with Gasteiger partial charge in [0.2, 0.25) is 11.8 Å². The molecule has 0 bridgehead atoms. The average molecular weight is 584 g/mol. The molecule has 0 radical (unpaired) electrons. The minimum Gasteiger partial charge on any atom is -0.497 e. The molecule has 2 atom stereocenters. The van der Waals surface area contributed by atoms with Crippen LogP contribution < -0.4 is 14.4 Å². The first-order chi connectivity index (χ1) is 19.5. The van der Waals surface area contributed by atoms with Crippen molar-refractivity contribution >= 4 is 27.5 Å². The van der Waals surface area contributed by atoms with Gasteiger partial charge in [0.05, 0.1) is 17.7 Å². The van der Waals surface area contributed by atoms with Crippen molar-refractivity contribution in [3.63, 3.8) is 0 Å². The molecule has 0 saturated heterocycles. The average Bonchev–Trinajstić information content (AvgIpc) is 2.96. The number of benzene rings is 3. The molecule has 0 aliphatic rings. The summed E-state index contributed by atoms with van der Waals surface area (Å²) in [7, 11) is -2.80. The van der Waals surface area contributed by atoms with E-state index in [0.29, 0.717) is 18.6 Å². The fourth-order valence-corrected chi connectivity index (χ4v) is 5.79. The summed E-state index contributed by atoms with van der Waals surface area (Å²) in [5.41, 5.74) is 1.91. The Balaban J connectivity index is 2.05. The number of rotatable bonds is 13. The van der Waals surface area contributed by atoms with E-state index in [1.807, 2.05) is 52.0 Å². The Hall–Kier alpha value is -3.92. The van der Waals surface area contributed by atoms with Crippen LogP contribution in [0.4, 0.5) is 10.1 Å². The van der Waals surface area contributed by atoms with Crippen molar-refractivity contribution in [3.8, 4) is 5.75 Å². The van der Waals surface area contributed by atoms with Gasteiger partial charge >= 0.3 is 0 Å². The third-order valence-corrected chi connectivity index (χ3v) is 8.65. The van der Waals surface area contributed by atoms with Gasteiger partial charge in [-0.25, -0.2) is 12.8 Å². The lowest BCUT2D eigenvalue weighted by atomic mass is 10.1. The smallest absolute Gasteiger partial charge is 0.264 e. The molecule has 8 nitrogen and oxygen atoms in total. The Labute approximate surface area is 242 Å². The first kappa shape index (κ1) is 31.6. The molecule has 0 aliphatic heterocycles. The van der Waals surface area contributed by atoms with Gasteiger partial charge in [-0.05, 0) is 80.8 Å². The molecule has 2 amide bonds. The van der Waals surface area contributed by atoms with Gasteiger partial charge in [-0.1, -0.05) is 43.7 Å². The van der Waals surface area contributed by atoms with Crippen LogP contribution >= 0.6 is 0 Å². The maximum atomic E-state index is 14.1. The fourth-order valence-electron chi connectivity index (χ4n) is 4.38. The largest absolute Gasteiger partial charge is 0.497 e. The van der Waals surface area contributed by atoms with Crippen LogP contribution in [0.2, 0.25) is 0 Å². The van der Waals surface area contributed by atoms with Crippen molar-refractivity contribution in [1.82, 2.24) is 10.2 Å². The molecule has 10 heteroatoms. The third kappa shape index (κ3) is 8.07. The van der Waals surface area contributed by atoms with E-state index in [4.69, 9.17) is 4.74 Å². The first-order valence-electron chi connectivity index (χ1n) is 13.6. The molecule has 0 aromatic heterocycles. The number of ether oxygens (including phenoxy) is 1. The lowest BCUT2D eigenvalue weighted by Gasteiger charge is -2.33. The standard InChI is InChI=1S/C31H38FN3O5S/c1-6-23(4)33-31(37)29(7-2)34(20-24-10-8-9-22(3)19-24)30(36)21-35(26-13-11-25(32)12-14-26)41(38,39)28-17-15-27(40-5)16-18-28/h8-19,23,29H,6-7,20-21H2,1-5H3,(H,33,37)/t23-,29+/m1/s1. The summed E-state index contributed by atoms with van der Waals surface area (Å²) in [6.07, 6.45) is 1.04. The van der Waals surface area contributed by atoms with Crippen LogP contribution in [0.5, 0.6) is 5.75 Å².